The van der Waals surface area contributed by atoms with Crippen molar-refractivity contribution < 1.29 is 19.1 Å². The molecule has 0 saturated heterocycles. The first-order chi connectivity index (χ1) is 10.8. The van der Waals surface area contributed by atoms with E-state index in [1.807, 2.05) is 25.7 Å². The second kappa shape index (κ2) is 6.93. The molecule has 7 nitrogen and oxygen atoms in total. The number of aromatic nitrogens is 2. The zero-order chi connectivity index (χ0) is 17.0. The summed E-state index contributed by atoms with van der Waals surface area (Å²) in [6.45, 7) is 6.34. The van der Waals surface area contributed by atoms with Crippen LogP contribution >= 0.6 is 0 Å². The van der Waals surface area contributed by atoms with E-state index in [1.54, 1.807) is 12.1 Å². The van der Waals surface area contributed by atoms with Gasteiger partial charge in [-0.1, -0.05) is 0 Å². The van der Waals surface area contributed by atoms with Crippen molar-refractivity contribution in [2.24, 2.45) is 5.92 Å². The number of ether oxygens (including phenoxy) is 2. The van der Waals surface area contributed by atoms with Crippen LogP contribution in [0.25, 0.3) is 0 Å². The van der Waals surface area contributed by atoms with E-state index in [0.29, 0.717) is 11.7 Å². The van der Waals surface area contributed by atoms with Gasteiger partial charge < -0.3 is 14.4 Å². The monoisotopic (exact) mass is 321 g/mol. The van der Waals surface area contributed by atoms with E-state index in [1.165, 1.54) is 7.11 Å². The lowest BCUT2D eigenvalue weighted by Gasteiger charge is -2.25. The maximum absolute atomic E-state index is 12.1. The molecule has 0 atom stereocenters. The summed E-state index contributed by atoms with van der Waals surface area (Å²) in [7, 11) is 1.29. The van der Waals surface area contributed by atoms with Gasteiger partial charge in [-0.25, -0.2) is 4.79 Å². The fraction of sp³-hybridized carbons (Fsp3) is 0.625. The van der Waals surface area contributed by atoms with Gasteiger partial charge in [-0.3, -0.25) is 4.79 Å². The van der Waals surface area contributed by atoms with Crippen molar-refractivity contribution in [1.82, 2.24) is 10.2 Å². The fourth-order valence-electron chi connectivity index (χ4n) is 2.09. The minimum absolute atomic E-state index is 0.111. The molecule has 0 radical (unpaired) electrons. The first-order valence-electron chi connectivity index (χ1n) is 7.67. The van der Waals surface area contributed by atoms with Crippen LogP contribution in [-0.2, 0) is 14.3 Å². The maximum Gasteiger partial charge on any atom is 0.358 e. The van der Waals surface area contributed by atoms with Gasteiger partial charge in [0, 0.05) is 6.54 Å². The van der Waals surface area contributed by atoms with Crippen LogP contribution in [-0.4, -0.2) is 47.9 Å². The van der Waals surface area contributed by atoms with Crippen molar-refractivity contribution in [2.45, 2.75) is 39.2 Å². The van der Waals surface area contributed by atoms with Crippen LogP contribution in [0.2, 0.25) is 0 Å². The number of hydrogen-bond donors (Lipinski definition) is 0. The van der Waals surface area contributed by atoms with Crippen molar-refractivity contribution >= 4 is 17.8 Å². The molecule has 7 heteroatoms. The second-order valence-corrected chi connectivity index (χ2v) is 6.68. The predicted molar refractivity (Wildman–Crippen MR) is 84.2 cm³/mol. The lowest BCUT2D eigenvalue weighted by atomic mass is 10.2. The Kier molecular flexibility index (Phi) is 5.18. The Balaban J connectivity index is 2.08. The highest BCUT2D eigenvalue weighted by Gasteiger charge is 2.28. The summed E-state index contributed by atoms with van der Waals surface area (Å²) in [6.07, 6.45) is 2.30. The number of carbonyl (C=O) groups is 2. The quantitative estimate of drug-likeness (QED) is 0.739. The topological polar surface area (TPSA) is 81.6 Å². The Labute approximate surface area is 136 Å². The normalized spacial score (nSPS) is 14.3. The Morgan fingerprint density at radius 2 is 1.96 bits per heavy atom. The third-order valence-corrected chi connectivity index (χ3v) is 3.28. The predicted octanol–water partition coefficient (Wildman–Crippen LogP) is 1.82. The molecular formula is C16H23N3O4. The standard InChI is InChI=1S/C16H23N3O4/c1-16(2,3)23-14(20)10-19(9-11-5-6-11)13-8-7-12(17-18-13)15(21)22-4/h7-8,11H,5-6,9-10H2,1-4H3. The first-order valence-corrected chi connectivity index (χ1v) is 7.67. The summed E-state index contributed by atoms with van der Waals surface area (Å²) in [5.74, 6) is 0.275. The highest BCUT2D eigenvalue weighted by molar-refractivity contribution is 5.87. The Morgan fingerprint density at radius 1 is 1.26 bits per heavy atom. The van der Waals surface area contributed by atoms with E-state index in [4.69, 9.17) is 4.74 Å². The van der Waals surface area contributed by atoms with E-state index in [-0.39, 0.29) is 18.2 Å². The molecule has 1 aromatic rings. The number of methoxy groups -OCH3 is 1. The number of hydrogen-bond acceptors (Lipinski definition) is 7. The number of anilines is 1. The zero-order valence-corrected chi connectivity index (χ0v) is 14.0. The molecule has 126 valence electrons. The van der Waals surface area contributed by atoms with Crippen LogP contribution in [0.5, 0.6) is 0 Å². The molecule has 0 bridgehead atoms. The number of nitrogens with zero attached hydrogens (tertiary/aromatic N) is 3. The molecule has 0 unspecified atom stereocenters. The molecule has 1 aliphatic carbocycles. The van der Waals surface area contributed by atoms with Crippen LogP contribution in [0.3, 0.4) is 0 Å². The molecule has 1 aromatic heterocycles. The molecule has 0 amide bonds. The van der Waals surface area contributed by atoms with Crippen molar-refractivity contribution in [1.29, 1.82) is 0 Å². The van der Waals surface area contributed by atoms with E-state index >= 15 is 0 Å². The van der Waals surface area contributed by atoms with Gasteiger partial charge in [0.1, 0.15) is 12.1 Å². The van der Waals surface area contributed by atoms with Crippen LogP contribution < -0.4 is 4.90 Å². The second-order valence-electron chi connectivity index (χ2n) is 6.68. The average Bonchev–Trinajstić information content (AvgIpc) is 3.28. The number of esters is 2. The van der Waals surface area contributed by atoms with Crippen LogP contribution in [0.15, 0.2) is 12.1 Å². The Hall–Kier alpha value is -2.18. The Bertz CT molecular complexity index is 562. The molecule has 23 heavy (non-hydrogen) atoms. The third kappa shape index (κ3) is 5.50. The van der Waals surface area contributed by atoms with E-state index < -0.39 is 11.6 Å². The maximum atomic E-state index is 12.1. The van der Waals surface area contributed by atoms with E-state index in [9.17, 15) is 9.59 Å². The molecule has 0 aliphatic heterocycles. The highest BCUT2D eigenvalue weighted by atomic mass is 16.6. The lowest BCUT2D eigenvalue weighted by molar-refractivity contribution is -0.153. The van der Waals surface area contributed by atoms with Gasteiger partial charge in [0.05, 0.1) is 7.11 Å². The molecule has 0 spiro atoms. The van der Waals surface area contributed by atoms with E-state index in [0.717, 1.165) is 19.4 Å². The van der Waals surface area contributed by atoms with Crippen LogP contribution in [0.1, 0.15) is 44.1 Å². The lowest BCUT2D eigenvalue weighted by Crippen LogP contribution is -2.36. The number of rotatable bonds is 6. The summed E-state index contributed by atoms with van der Waals surface area (Å²) < 4.78 is 9.97. The summed E-state index contributed by atoms with van der Waals surface area (Å²) in [5.41, 5.74) is -0.386. The van der Waals surface area contributed by atoms with Gasteiger partial charge in [0.15, 0.2) is 11.5 Å². The average molecular weight is 321 g/mol. The zero-order valence-electron chi connectivity index (χ0n) is 14.0. The molecular weight excluding hydrogens is 298 g/mol. The Morgan fingerprint density at radius 3 is 2.43 bits per heavy atom. The summed E-state index contributed by atoms with van der Waals surface area (Å²) in [4.78, 5) is 25.3. The SMILES string of the molecule is COC(=O)c1ccc(N(CC(=O)OC(C)(C)C)CC2CC2)nn1. The van der Waals surface area contributed by atoms with Crippen LogP contribution in [0, 0.1) is 5.92 Å². The van der Waals surface area contributed by atoms with E-state index in [2.05, 4.69) is 14.9 Å². The molecule has 1 fully saturated rings. The van der Waals surface area contributed by atoms with Gasteiger partial charge in [0.25, 0.3) is 0 Å². The molecule has 1 aliphatic rings. The minimum atomic E-state index is -0.537. The smallest absolute Gasteiger partial charge is 0.358 e. The number of carbonyl (C=O) groups excluding carboxylic acids is 2. The van der Waals surface area contributed by atoms with Gasteiger partial charge in [0.2, 0.25) is 0 Å². The summed E-state index contributed by atoms with van der Waals surface area (Å²) >= 11 is 0. The largest absolute Gasteiger partial charge is 0.464 e. The van der Waals surface area contributed by atoms with Gasteiger partial charge in [-0.15, -0.1) is 10.2 Å². The minimum Gasteiger partial charge on any atom is -0.464 e. The first kappa shape index (κ1) is 17.2. The summed E-state index contributed by atoms with van der Waals surface area (Å²) in [5, 5.41) is 7.91. The van der Waals surface area contributed by atoms with Crippen molar-refractivity contribution in [3.8, 4) is 0 Å². The van der Waals surface area contributed by atoms with Crippen molar-refractivity contribution in [3.05, 3.63) is 17.8 Å². The molecule has 0 N–H and O–H groups in total. The molecule has 1 saturated carbocycles. The molecule has 0 aromatic carbocycles. The molecule has 2 rings (SSSR count). The van der Waals surface area contributed by atoms with Crippen molar-refractivity contribution in [2.75, 3.05) is 25.1 Å². The highest BCUT2D eigenvalue weighted by Crippen LogP contribution is 2.31. The van der Waals surface area contributed by atoms with Gasteiger partial charge in [-0.2, -0.15) is 0 Å². The van der Waals surface area contributed by atoms with Crippen LogP contribution in [0.4, 0.5) is 5.82 Å². The molecule has 1 heterocycles. The van der Waals surface area contributed by atoms with Gasteiger partial charge in [-0.05, 0) is 51.7 Å². The van der Waals surface area contributed by atoms with Crippen molar-refractivity contribution in [3.63, 3.8) is 0 Å². The fourth-order valence-corrected chi connectivity index (χ4v) is 2.09. The third-order valence-electron chi connectivity index (χ3n) is 3.28. The van der Waals surface area contributed by atoms with Gasteiger partial charge >= 0.3 is 11.9 Å². The summed E-state index contributed by atoms with van der Waals surface area (Å²) in [6, 6.07) is 3.22.